The molecule has 2 aliphatic rings. The molecular formula is C117H86F2N10. The lowest BCUT2D eigenvalue weighted by Crippen LogP contribution is -2.04. The van der Waals surface area contributed by atoms with E-state index in [0.717, 1.165) is 94.9 Å². The molecule has 25 aromatic rings. The van der Waals surface area contributed by atoms with Gasteiger partial charge in [0.05, 0.1) is 77.8 Å². The van der Waals surface area contributed by atoms with E-state index >= 15 is 0 Å². The van der Waals surface area contributed by atoms with E-state index in [1.54, 1.807) is 12.1 Å². The molecule has 10 nitrogen and oxygen atoms in total. The lowest BCUT2D eigenvalue weighted by molar-refractivity contribution is 0.444. The first-order chi connectivity index (χ1) is 63.7. The van der Waals surface area contributed by atoms with Gasteiger partial charge in [0.15, 0.2) is 0 Å². The summed E-state index contributed by atoms with van der Waals surface area (Å²) in [6.45, 7) is 0. The molecular weight excluding hydrogens is 1580 g/mol. The van der Waals surface area contributed by atoms with Gasteiger partial charge >= 0.3 is 0 Å². The van der Waals surface area contributed by atoms with Gasteiger partial charge in [-0.25, -0.2) is 22.3 Å². The van der Waals surface area contributed by atoms with Crippen LogP contribution in [0.2, 0.25) is 0 Å². The topological polar surface area (TPSA) is 71.6 Å². The Bertz CT molecular complexity index is 8210. The second-order valence-corrected chi connectivity index (χ2v) is 35.3. The van der Waals surface area contributed by atoms with Gasteiger partial charge in [0, 0.05) is 117 Å². The van der Waals surface area contributed by atoms with E-state index in [1.165, 1.54) is 198 Å². The van der Waals surface area contributed by atoms with Crippen molar-refractivity contribution in [1.82, 2.24) is 47.1 Å². The lowest BCUT2D eigenvalue weighted by Gasteiger charge is -2.22. The second kappa shape index (κ2) is 31.1. The number of hydrogen-bond acceptors (Lipinski definition) is 3. The molecule has 2 aliphatic carbocycles. The van der Waals surface area contributed by atoms with Gasteiger partial charge in [-0.15, -0.1) is 0 Å². The van der Waals surface area contributed by atoms with E-state index in [1.807, 2.05) is 60.7 Å². The number of benzene rings is 15. The average Bonchev–Trinajstić information content (AvgIpc) is 1.58. The highest BCUT2D eigenvalue weighted by atomic mass is 19.1. The van der Waals surface area contributed by atoms with E-state index < -0.39 is 0 Å². The van der Waals surface area contributed by atoms with Gasteiger partial charge in [0.2, 0.25) is 0 Å². The first kappa shape index (κ1) is 75.7. The van der Waals surface area contributed by atoms with Crippen LogP contribution in [-0.4, -0.2) is 47.1 Å². The molecule has 2 saturated carbocycles. The molecule has 0 N–H and O–H groups in total. The summed E-state index contributed by atoms with van der Waals surface area (Å²) in [5.41, 5.74) is 28.1. The van der Waals surface area contributed by atoms with Crippen LogP contribution in [0.15, 0.2) is 389 Å². The highest BCUT2D eigenvalue weighted by Crippen LogP contribution is 2.45. The van der Waals surface area contributed by atoms with E-state index in [4.69, 9.17) is 15.3 Å². The van der Waals surface area contributed by atoms with Crippen LogP contribution in [0.1, 0.15) is 87.2 Å². The van der Waals surface area contributed by atoms with Crippen LogP contribution in [0.3, 0.4) is 0 Å². The molecule has 0 amide bonds. The number of fused-ring (bicyclic) bond motifs is 18. The van der Waals surface area contributed by atoms with Crippen molar-refractivity contribution in [3.8, 4) is 67.6 Å². The molecule has 2 fully saturated rings. The SMILES string of the molecule is Fc1ccc2c(c1)c1cc(F)ccc1n2-c1ccc(-c2cc3cc4ccccc4cn3n2)cc1.c1ccc2cn3nc(-c4ccc(-c5cc(-n6c7ccccc7c7ccccc76)cc(-n6c7ccccc7c7ccccc76)c5)cc4)cc3cc2c1.c1ccc2cn3nc(-c4ccc(-n5c6ccc(C7CCCCC7)cc6c6cc(C7CCCCC7)ccc65)cc4)cc3cc2c1. The summed E-state index contributed by atoms with van der Waals surface area (Å²) >= 11 is 0. The third-order valence-electron chi connectivity index (χ3n) is 27.6. The average molecular weight is 1670 g/mol. The Balaban J connectivity index is 0.000000107. The molecule has 0 atom stereocenters. The molecule has 618 valence electrons. The largest absolute Gasteiger partial charge is 0.309 e. The molecule has 129 heavy (non-hydrogen) atoms. The molecule has 0 unspecified atom stereocenters. The fourth-order valence-corrected chi connectivity index (χ4v) is 21.2. The molecule has 0 bridgehead atoms. The molecule has 15 aromatic carbocycles. The number of para-hydroxylation sites is 4. The van der Waals surface area contributed by atoms with Crippen LogP contribution in [0.4, 0.5) is 8.78 Å². The first-order valence-electron chi connectivity index (χ1n) is 45.3. The van der Waals surface area contributed by atoms with Gasteiger partial charge in [-0.2, -0.15) is 15.3 Å². The van der Waals surface area contributed by atoms with Crippen LogP contribution >= 0.6 is 0 Å². The highest BCUT2D eigenvalue weighted by molar-refractivity contribution is 6.13. The smallest absolute Gasteiger partial charge is 0.123 e. The Morgan fingerprint density at radius 2 is 0.496 bits per heavy atom. The number of rotatable bonds is 10. The van der Waals surface area contributed by atoms with E-state index in [0.29, 0.717) is 22.6 Å². The zero-order chi connectivity index (χ0) is 85.3. The standard InChI is InChI=1S/C47H30N4.C41H39N3.C29H17F2N3/c1-2-12-34-30-49-36(25-33(34)11-1)29-43(48-49)32-23-21-31(22-24-32)35-26-37(50-44-17-7-3-13-39(44)40-14-4-8-18-45(40)50)28-38(27-35)51-46-19-9-5-15-41(46)42-16-6-10-20-47(42)51;1-3-9-28(10-4-1)32-17-21-40-37(24-32)38-25-33(29-11-5-2-6-12-29)18-22-41(38)44(40)35-19-15-30(16-20-35)39-26-36-23-31-13-7-8-14-34(31)27-43(36)42-39;30-21-7-11-28-25(14-21)26-15-22(31)8-12-29(26)34(28)23-9-5-18(6-10-23)27-16-24-13-19-3-1-2-4-20(19)17-33(24)32-27/h1-30H;7-8,13-29H,1-6,9-12H2;1-17H. The molecule has 10 aromatic heterocycles. The second-order valence-electron chi connectivity index (χ2n) is 35.3. The fraction of sp³-hybridized carbons (Fsp3) is 0.103. The van der Waals surface area contributed by atoms with Crippen molar-refractivity contribution in [2.45, 2.75) is 76.0 Å². The lowest BCUT2D eigenvalue weighted by atomic mass is 9.83. The maximum atomic E-state index is 14.0. The minimum absolute atomic E-state index is 0.342. The van der Waals surface area contributed by atoms with Gasteiger partial charge in [-0.1, -0.05) is 245 Å². The Labute approximate surface area is 742 Å². The zero-order valence-corrected chi connectivity index (χ0v) is 70.9. The molecule has 0 radical (unpaired) electrons. The predicted octanol–water partition coefficient (Wildman–Crippen LogP) is 30.9. The van der Waals surface area contributed by atoms with Gasteiger partial charge in [0.1, 0.15) is 11.6 Å². The van der Waals surface area contributed by atoms with Crippen molar-refractivity contribution in [2.24, 2.45) is 0 Å². The number of halogens is 2. The van der Waals surface area contributed by atoms with Gasteiger partial charge in [0.25, 0.3) is 0 Å². The Morgan fingerprint density at radius 1 is 0.209 bits per heavy atom. The fourth-order valence-electron chi connectivity index (χ4n) is 21.2. The minimum atomic E-state index is -0.342. The van der Waals surface area contributed by atoms with Crippen LogP contribution in [0, 0.1) is 11.6 Å². The first-order valence-corrected chi connectivity index (χ1v) is 45.3. The molecule has 27 rings (SSSR count). The van der Waals surface area contributed by atoms with E-state index in [-0.39, 0.29) is 11.6 Å². The van der Waals surface area contributed by atoms with Gasteiger partial charge in [-0.05, 0) is 240 Å². The van der Waals surface area contributed by atoms with E-state index in [2.05, 4.69) is 323 Å². The summed E-state index contributed by atoms with van der Waals surface area (Å²) in [7, 11) is 0. The molecule has 0 aliphatic heterocycles. The van der Waals surface area contributed by atoms with Crippen LogP contribution < -0.4 is 0 Å². The molecule has 10 heterocycles. The number of hydrogen-bond donors (Lipinski definition) is 0. The third-order valence-corrected chi connectivity index (χ3v) is 27.6. The summed E-state index contributed by atoms with van der Waals surface area (Å²) in [5.74, 6) is 0.724. The number of pyridine rings is 3. The van der Waals surface area contributed by atoms with Gasteiger partial charge in [-0.3, -0.25) is 0 Å². The van der Waals surface area contributed by atoms with Crippen molar-refractivity contribution in [3.05, 3.63) is 411 Å². The number of nitrogens with zero attached hydrogens (tertiary/aromatic N) is 10. The maximum Gasteiger partial charge on any atom is 0.123 e. The quantitative estimate of drug-likeness (QED) is 0.137. The monoisotopic (exact) mass is 1670 g/mol. The van der Waals surface area contributed by atoms with Crippen LogP contribution in [-0.2, 0) is 0 Å². The Hall–Kier alpha value is -15.8. The normalized spacial score (nSPS) is 13.6. The van der Waals surface area contributed by atoms with Crippen molar-refractivity contribution < 1.29 is 8.78 Å². The molecule has 0 spiro atoms. The third kappa shape index (κ3) is 13.4. The zero-order valence-electron chi connectivity index (χ0n) is 70.9. The predicted molar refractivity (Wildman–Crippen MR) is 529 cm³/mol. The maximum absolute atomic E-state index is 14.0. The minimum Gasteiger partial charge on any atom is -0.309 e. The summed E-state index contributed by atoms with van der Waals surface area (Å²) in [5, 5.41) is 31.0. The van der Waals surface area contributed by atoms with Crippen molar-refractivity contribution in [2.75, 3.05) is 0 Å². The van der Waals surface area contributed by atoms with Gasteiger partial charge < -0.3 is 18.3 Å². The van der Waals surface area contributed by atoms with E-state index in [9.17, 15) is 8.78 Å². The van der Waals surface area contributed by atoms with Crippen molar-refractivity contribution in [3.63, 3.8) is 0 Å². The van der Waals surface area contributed by atoms with Crippen LogP contribution in [0.25, 0.3) is 204 Å². The summed E-state index contributed by atoms with van der Waals surface area (Å²) in [4.78, 5) is 0. The van der Waals surface area contributed by atoms with Crippen molar-refractivity contribution in [1.29, 1.82) is 0 Å². The van der Waals surface area contributed by atoms with Crippen molar-refractivity contribution >= 4 is 136 Å². The summed E-state index contributed by atoms with van der Waals surface area (Å²) < 4.78 is 43.2. The molecule has 12 heteroatoms. The number of aromatic nitrogens is 10. The molecule has 0 saturated heterocycles. The highest BCUT2D eigenvalue weighted by Gasteiger charge is 2.25. The Morgan fingerprint density at radius 3 is 0.853 bits per heavy atom. The van der Waals surface area contributed by atoms with Crippen LogP contribution in [0.5, 0.6) is 0 Å². The summed E-state index contributed by atoms with van der Waals surface area (Å²) in [6, 6.07) is 130. The summed E-state index contributed by atoms with van der Waals surface area (Å²) in [6.07, 6.45) is 19.9. The Kier molecular flexibility index (Phi) is 18.3.